The highest BCUT2D eigenvalue weighted by atomic mass is 16.5. The molecule has 0 bridgehead atoms. The Morgan fingerprint density at radius 1 is 1.40 bits per heavy atom. The van der Waals surface area contributed by atoms with Gasteiger partial charge in [-0.1, -0.05) is 6.07 Å². The number of aliphatic hydroxyl groups excluding tert-OH is 1. The molecule has 0 aliphatic carbocycles. The molecule has 1 atom stereocenters. The number of hydrogen-bond donors (Lipinski definition) is 1. The van der Waals surface area contributed by atoms with Crippen molar-refractivity contribution in [3.8, 4) is 0 Å². The van der Waals surface area contributed by atoms with Gasteiger partial charge in [0.2, 0.25) is 0 Å². The molecule has 15 heavy (non-hydrogen) atoms. The predicted molar refractivity (Wildman–Crippen MR) is 59.7 cm³/mol. The van der Waals surface area contributed by atoms with Crippen LogP contribution in [0.25, 0.3) is 0 Å². The minimum atomic E-state index is -0.487. The number of hydrogen-bond acceptors (Lipinski definition) is 3. The Morgan fingerprint density at radius 2 is 2.13 bits per heavy atom. The van der Waals surface area contributed by atoms with Crippen molar-refractivity contribution in [2.24, 2.45) is 0 Å². The lowest BCUT2D eigenvalue weighted by Gasteiger charge is -2.21. The van der Waals surface area contributed by atoms with Crippen LogP contribution in [0, 0.1) is 0 Å². The van der Waals surface area contributed by atoms with Gasteiger partial charge in [0.15, 0.2) is 0 Å². The van der Waals surface area contributed by atoms with Gasteiger partial charge in [-0.05, 0) is 32.9 Å². The second-order valence-electron chi connectivity index (χ2n) is 4.60. The van der Waals surface area contributed by atoms with Crippen molar-refractivity contribution in [1.29, 1.82) is 0 Å². The highest BCUT2D eigenvalue weighted by Crippen LogP contribution is 2.08. The molecular formula is C12H19NO2. The number of ether oxygens (including phenoxy) is 1. The van der Waals surface area contributed by atoms with Gasteiger partial charge in [-0.3, -0.25) is 4.98 Å². The van der Waals surface area contributed by atoms with Crippen LogP contribution in [-0.2, 0) is 11.2 Å². The van der Waals surface area contributed by atoms with Crippen molar-refractivity contribution in [3.05, 3.63) is 30.1 Å². The maximum atomic E-state index is 9.70. The van der Waals surface area contributed by atoms with E-state index in [1.165, 1.54) is 0 Å². The lowest BCUT2D eigenvalue weighted by atomic mass is 10.1. The van der Waals surface area contributed by atoms with E-state index >= 15 is 0 Å². The van der Waals surface area contributed by atoms with Crippen LogP contribution in [0.2, 0.25) is 0 Å². The van der Waals surface area contributed by atoms with Crippen LogP contribution in [0.15, 0.2) is 24.4 Å². The molecule has 84 valence electrons. The maximum absolute atomic E-state index is 9.70. The van der Waals surface area contributed by atoms with E-state index in [0.717, 1.165) is 5.69 Å². The van der Waals surface area contributed by atoms with Crippen LogP contribution in [-0.4, -0.2) is 28.4 Å². The summed E-state index contributed by atoms with van der Waals surface area (Å²) < 4.78 is 5.49. The molecule has 3 nitrogen and oxygen atoms in total. The van der Waals surface area contributed by atoms with Crippen molar-refractivity contribution < 1.29 is 9.84 Å². The van der Waals surface area contributed by atoms with Gasteiger partial charge in [0.1, 0.15) is 0 Å². The molecule has 1 aromatic rings. The lowest BCUT2D eigenvalue weighted by Crippen LogP contribution is -2.27. The second-order valence-corrected chi connectivity index (χ2v) is 4.60. The van der Waals surface area contributed by atoms with Crippen LogP contribution >= 0.6 is 0 Å². The third-order valence-corrected chi connectivity index (χ3v) is 1.88. The molecular weight excluding hydrogens is 190 g/mol. The zero-order valence-electron chi connectivity index (χ0n) is 9.60. The summed E-state index contributed by atoms with van der Waals surface area (Å²) in [6.45, 7) is 6.27. The first-order valence-electron chi connectivity index (χ1n) is 5.19. The summed E-state index contributed by atoms with van der Waals surface area (Å²) >= 11 is 0. The van der Waals surface area contributed by atoms with Crippen LogP contribution in [0.5, 0.6) is 0 Å². The molecule has 0 spiro atoms. The van der Waals surface area contributed by atoms with Gasteiger partial charge >= 0.3 is 0 Å². The second kappa shape index (κ2) is 5.24. The first-order chi connectivity index (χ1) is 6.97. The van der Waals surface area contributed by atoms with Gasteiger partial charge in [-0.25, -0.2) is 0 Å². The molecule has 1 rings (SSSR count). The average molecular weight is 209 g/mol. The van der Waals surface area contributed by atoms with E-state index in [-0.39, 0.29) is 5.60 Å². The Hall–Kier alpha value is -0.930. The molecule has 3 heteroatoms. The SMILES string of the molecule is CC(C)(C)OCC(O)Cc1ccccn1. The fourth-order valence-corrected chi connectivity index (χ4v) is 1.17. The molecule has 0 saturated carbocycles. The van der Waals surface area contributed by atoms with Crippen molar-refractivity contribution in [3.63, 3.8) is 0 Å². The number of pyridine rings is 1. The standard InChI is InChI=1S/C12H19NO2/c1-12(2,3)15-9-11(14)8-10-6-4-5-7-13-10/h4-7,11,14H,8-9H2,1-3H3. The van der Waals surface area contributed by atoms with Crippen molar-refractivity contribution in [1.82, 2.24) is 4.98 Å². The van der Waals surface area contributed by atoms with Crippen molar-refractivity contribution in [2.75, 3.05) is 6.61 Å². The van der Waals surface area contributed by atoms with Crippen LogP contribution in [0.1, 0.15) is 26.5 Å². The quantitative estimate of drug-likeness (QED) is 0.822. The minimum absolute atomic E-state index is 0.203. The monoisotopic (exact) mass is 209 g/mol. The third kappa shape index (κ3) is 5.50. The fourth-order valence-electron chi connectivity index (χ4n) is 1.17. The zero-order chi connectivity index (χ0) is 11.3. The molecule has 0 aromatic carbocycles. The topological polar surface area (TPSA) is 42.4 Å². The van der Waals surface area contributed by atoms with E-state index < -0.39 is 6.10 Å². The number of rotatable bonds is 4. The van der Waals surface area contributed by atoms with Gasteiger partial charge in [0.25, 0.3) is 0 Å². The lowest BCUT2D eigenvalue weighted by molar-refractivity contribution is -0.0484. The first-order valence-corrected chi connectivity index (χ1v) is 5.19. The molecule has 0 radical (unpaired) electrons. The van der Waals surface area contributed by atoms with Gasteiger partial charge in [0.05, 0.1) is 18.3 Å². The number of aromatic nitrogens is 1. The van der Waals surface area contributed by atoms with E-state index in [0.29, 0.717) is 13.0 Å². The van der Waals surface area contributed by atoms with Crippen molar-refractivity contribution >= 4 is 0 Å². The molecule has 0 aliphatic rings. The summed E-state index contributed by atoms with van der Waals surface area (Å²) in [5.41, 5.74) is 0.688. The Morgan fingerprint density at radius 3 is 2.67 bits per heavy atom. The molecule has 0 saturated heterocycles. The molecule has 0 fully saturated rings. The summed E-state index contributed by atoms with van der Waals surface area (Å²) in [6.07, 6.45) is 1.78. The Labute approximate surface area is 91.1 Å². The van der Waals surface area contributed by atoms with E-state index in [2.05, 4.69) is 4.98 Å². The molecule has 0 aliphatic heterocycles. The zero-order valence-corrected chi connectivity index (χ0v) is 9.60. The summed E-state index contributed by atoms with van der Waals surface area (Å²) in [5, 5.41) is 9.70. The van der Waals surface area contributed by atoms with E-state index in [4.69, 9.17) is 4.74 Å². The Balaban J connectivity index is 2.34. The Kier molecular flexibility index (Phi) is 4.24. The highest BCUT2D eigenvalue weighted by molar-refractivity contribution is 5.04. The van der Waals surface area contributed by atoms with Crippen LogP contribution in [0.3, 0.4) is 0 Å². The van der Waals surface area contributed by atoms with E-state index in [1.54, 1.807) is 6.20 Å². The maximum Gasteiger partial charge on any atom is 0.0829 e. The fraction of sp³-hybridized carbons (Fsp3) is 0.583. The summed E-state index contributed by atoms with van der Waals surface area (Å²) in [5.74, 6) is 0. The molecule has 0 amide bonds. The molecule has 1 unspecified atom stereocenters. The van der Waals surface area contributed by atoms with Gasteiger partial charge in [0, 0.05) is 18.3 Å². The molecule has 1 N–H and O–H groups in total. The van der Waals surface area contributed by atoms with Gasteiger partial charge in [-0.2, -0.15) is 0 Å². The number of aliphatic hydroxyl groups is 1. The van der Waals surface area contributed by atoms with E-state index in [9.17, 15) is 5.11 Å². The molecule has 1 heterocycles. The normalized spacial score (nSPS) is 13.9. The highest BCUT2D eigenvalue weighted by Gasteiger charge is 2.14. The summed E-state index contributed by atoms with van der Waals surface area (Å²) in [6, 6.07) is 5.68. The summed E-state index contributed by atoms with van der Waals surface area (Å²) in [7, 11) is 0. The van der Waals surface area contributed by atoms with Gasteiger partial charge < -0.3 is 9.84 Å². The Bertz CT molecular complexity index is 279. The smallest absolute Gasteiger partial charge is 0.0829 e. The third-order valence-electron chi connectivity index (χ3n) is 1.88. The summed E-state index contributed by atoms with van der Waals surface area (Å²) in [4.78, 5) is 4.15. The molecule has 1 aromatic heterocycles. The minimum Gasteiger partial charge on any atom is -0.390 e. The van der Waals surface area contributed by atoms with Crippen LogP contribution < -0.4 is 0 Å². The predicted octanol–water partition coefficient (Wildman–Crippen LogP) is 1.80. The largest absolute Gasteiger partial charge is 0.390 e. The van der Waals surface area contributed by atoms with E-state index in [1.807, 2.05) is 39.0 Å². The number of nitrogens with zero attached hydrogens (tertiary/aromatic N) is 1. The van der Waals surface area contributed by atoms with Gasteiger partial charge in [-0.15, -0.1) is 0 Å². The average Bonchev–Trinajstić information content (AvgIpc) is 2.15. The van der Waals surface area contributed by atoms with Crippen LogP contribution in [0.4, 0.5) is 0 Å². The first kappa shape index (κ1) is 12.1. The van der Waals surface area contributed by atoms with Crippen molar-refractivity contribution in [2.45, 2.75) is 38.9 Å².